The largest absolute Gasteiger partial charge is 0.465 e. The number of para-hydroxylation sites is 2. The molecule has 33 heavy (non-hydrogen) atoms. The number of anilines is 1. The molecule has 0 atom stereocenters. The maximum atomic E-state index is 13.7. The first-order chi connectivity index (χ1) is 15.7. The molecule has 2 heterocycles. The molecule has 2 aliphatic rings. The first-order valence-corrected chi connectivity index (χ1v) is 9.49. The van der Waals surface area contributed by atoms with Gasteiger partial charge < -0.3 is 23.8 Å². The summed E-state index contributed by atoms with van der Waals surface area (Å²) in [5.74, 6) is -1.67. The lowest BCUT2D eigenvalue weighted by atomic mass is 10.1. The third kappa shape index (κ3) is 4.02. The van der Waals surface area contributed by atoms with Gasteiger partial charge in [-0.15, -0.1) is 0 Å². The molecule has 0 fully saturated rings. The maximum Gasteiger partial charge on any atom is 0.416 e. The lowest BCUT2D eigenvalue weighted by molar-refractivity contribution is -0.139. The van der Waals surface area contributed by atoms with Gasteiger partial charge in [0.2, 0.25) is 0 Å². The monoisotopic (exact) mass is 459 g/mol. The minimum Gasteiger partial charge on any atom is -0.465 e. The third-order valence-electron chi connectivity index (χ3n) is 4.79. The van der Waals surface area contributed by atoms with Gasteiger partial charge in [0.25, 0.3) is 0 Å². The van der Waals surface area contributed by atoms with Crippen molar-refractivity contribution in [2.24, 2.45) is 0 Å². The van der Waals surface area contributed by atoms with E-state index in [1.165, 1.54) is 24.4 Å². The minimum atomic E-state index is -4.74. The second-order valence-corrected chi connectivity index (χ2v) is 6.79. The predicted octanol–water partition coefficient (Wildman–Crippen LogP) is 5.09. The highest BCUT2D eigenvalue weighted by Crippen LogP contribution is 2.52. The summed E-state index contributed by atoms with van der Waals surface area (Å²) < 4.78 is 62.3. The standard InChI is InChI=1S/C23H16F3NO6/c1-30-21(28)14-7-5-6-10-27(19(14)22(29)31-2)15-11-13(23(24,25)26)12-18-20(15)33-17-9-4-3-8-16(17)32-18/h3-12H,1-2H3. The molecule has 10 heteroatoms. The highest BCUT2D eigenvalue weighted by Gasteiger charge is 2.37. The van der Waals surface area contributed by atoms with Gasteiger partial charge in [0.05, 0.1) is 31.0 Å². The normalized spacial score (nSPS) is 14.5. The number of alkyl halides is 3. The molecule has 0 radical (unpaired) electrons. The molecule has 4 rings (SSSR count). The molecule has 0 spiro atoms. The van der Waals surface area contributed by atoms with Gasteiger partial charge in [-0.05, 0) is 36.4 Å². The van der Waals surface area contributed by atoms with E-state index in [1.54, 1.807) is 24.3 Å². The molecule has 0 saturated carbocycles. The van der Waals surface area contributed by atoms with E-state index in [0.717, 1.165) is 31.3 Å². The van der Waals surface area contributed by atoms with Crippen LogP contribution >= 0.6 is 0 Å². The number of fused-ring (bicyclic) bond motifs is 2. The first-order valence-electron chi connectivity index (χ1n) is 9.49. The molecule has 2 aromatic rings. The molecule has 0 aliphatic carbocycles. The van der Waals surface area contributed by atoms with Crippen LogP contribution in [0.3, 0.4) is 0 Å². The van der Waals surface area contributed by atoms with Gasteiger partial charge in [0.1, 0.15) is 5.70 Å². The van der Waals surface area contributed by atoms with E-state index in [1.807, 2.05) is 0 Å². The number of hydrogen-bond donors (Lipinski definition) is 0. The van der Waals surface area contributed by atoms with Crippen molar-refractivity contribution >= 4 is 17.6 Å². The topological polar surface area (TPSA) is 74.3 Å². The van der Waals surface area contributed by atoms with E-state index < -0.39 is 23.7 Å². The fourth-order valence-corrected chi connectivity index (χ4v) is 3.31. The lowest BCUT2D eigenvalue weighted by Gasteiger charge is -2.29. The Balaban J connectivity index is 1.99. The van der Waals surface area contributed by atoms with Gasteiger partial charge in [-0.25, -0.2) is 9.59 Å². The molecule has 0 unspecified atom stereocenters. The van der Waals surface area contributed by atoms with Gasteiger partial charge >= 0.3 is 18.1 Å². The van der Waals surface area contributed by atoms with Gasteiger partial charge in [-0.1, -0.05) is 18.2 Å². The summed E-state index contributed by atoms with van der Waals surface area (Å²) in [5.41, 5.74) is -1.83. The summed E-state index contributed by atoms with van der Waals surface area (Å²) in [6, 6.07) is 8.04. The molecule has 2 aromatic carbocycles. The van der Waals surface area contributed by atoms with E-state index in [-0.39, 0.29) is 40.0 Å². The van der Waals surface area contributed by atoms with Crippen LogP contribution in [0.2, 0.25) is 0 Å². The van der Waals surface area contributed by atoms with Crippen LogP contribution in [0.4, 0.5) is 18.9 Å². The quantitative estimate of drug-likeness (QED) is 0.505. The average Bonchev–Trinajstić information content (AvgIpc) is 3.03. The van der Waals surface area contributed by atoms with Gasteiger partial charge in [0, 0.05) is 6.20 Å². The van der Waals surface area contributed by atoms with Crippen molar-refractivity contribution in [3.63, 3.8) is 0 Å². The highest BCUT2D eigenvalue weighted by molar-refractivity contribution is 6.05. The van der Waals surface area contributed by atoms with E-state index in [0.29, 0.717) is 0 Å². The number of ether oxygens (including phenoxy) is 4. The molecule has 2 aliphatic heterocycles. The number of methoxy groups -OCH3 is 2. The number of halogens is 3. The molecule has 0 N–H and O–H groups in total. The predicted molar refractivity (Wildman–Crippen MR) is 110 cm³/mol. The van der Waals surface area contributed by atoms with Crippen molar-refractivity contribution in [2.45, 2.75) is 6.18 Å². The smallest absolute Gasteiger partial charge is 0.416 e. The number of carbonyl (C=O) groups excluding carboxylic acids is 2. The molecule has 170 valence electrons. The summed E-state index contributed by atoms with van der Waals surface area (Å²) in [6.07, 6.45) is 0.725. The number of allylic oxidation sites excluding steroid dienone is 2. The zero-order chi connectivity index (χ0) is 23.8. The van der Waals surface area contributed by atoms with Crippen LogP contribution < -0.4 is 14.4 Å². The Bertz CT molecular complexity index is 1230. The van der Waals surface area contributed by atoms with Crippen molar-refractivity contribution in [1.29, 1.82) is 0 Å². The Morgan fingerprint density at radius 3 is 2.21 bits per heavy atom. The average molecular weight is 459 g/mol. The summed E-state index contributed by atoms with van der Waals surface area (Å²) in [5, 5.41) is 0. The minimum absolute atomic E-state index is 0.0844. The molecule has 0 aromatic heterocycles. The van der Waals surface area contributed by atoms with Crippen molar-refractivity contribution in [1.82, 2.24) is 0 Å². The molecule has 0 saturated heterocycles. The van der Waals surface area contributed by atoms with E-state index in [2.05, 4.69) is 0 Å². The van der Waals surface area contributed by atoms with Gasteiger partial charge in [-0.2, -0.15) is 13.2 Å². The fraction of sp³-hybridized carbons (Fsp3) is 0.130. The molecular weight excluding hydrogens is 443 g/mol. The van der Waals surface area contributed by atoms with Gasteiger partial charge in [0.15, 0.2) is 23.0 Å². The summed E-state index contributed by atoms with van der Waals surface area (Å²) in [7, 11) is 2.19. The Morgan fingerprint density at radius 2 is 1.58 bits per heavy atom. The van der Waals surface area contributed by atoms with Crippen molar-refractivity contribution in [2.75, 3.05) is 19.1 Å². The van der Waals surface area contributed by atoms with Crippen LogP contribution in [0.15, 0.2) is 72.1 Å². The van der Waals surface area contributed by atoms with Crippen LogP contribution in [0.5, 0.6) is 23.0 Å². The highest BCUT2D eigenvalue weighted by atomic mass is 19.4. The first kappa shape index (κ1) is 22.0. The summed E-state index contributed by atoms with van der Waals surface area (Å²) in [4.78, 5) is 26.1. The van der Waals surface area contributed by atoms with Crippen molar-refractivity contribution in [3.05, 3.63) is 77.7 Å². The van der Waals surface area contributed by atoms with Crippen molar-refractivity contribution in [3.8, 4) is 23.0 Å². The summed E-state index contributed by atoms with van der Waals surface area (Å²) in [6.45, 7) is 0. The van der Waals surface area contributed by atoms with Crippen LogP contribution in [-0.4, -0.2) is 26.2 Å². The maximum absolute atomic E-state index is 13.7. The lowest BCUT2D eigenvalue weighted by Crippen LogP contribution is -2.27. The number of hydrogen-bond acceptors (Lipinski definition) is 7. The Labute approximate surface area is 185 Å². The molecule has 7 nitrogen and oxygen atoms in total. The van der Waals surface area contributed by atoms with Crippen LogP contribution in [-0.2, 0) is 25.2 Å². The Hall–Kier alpha value is -4.21. The Morgan fingerprint density at radius 1 is 0.909 bits per heavy atom. The van der Waals surface area contributed by atoms with Crippen LogP contribution in [0.25, 0.3) is 0 Å². The SMILES string of the molecule is COC(=O)C1=C(C(=O)OC)N(c2cc(C(F)(F)F)cc3c2Oc2ccccc2O3)C=CC=C1. The van der Waals surface area contributed by atoms with Crippen LogP contribution in [0, 0.1) is 0 Å². The number of benzene rings is 2. The number of carbonyl (C=O) groups is 2. The van der Waals surface area contributed by atoms with Crippen LogP contribution in [0.1, 0.15) is 5.56 Å². The van der Waals surface area contributed by atoms with E-state index >= 15 is 0 Å². The van der Waals surface area contributed by atoms with Gasteiger partial charge in [-0.3, -0.25) is 0 Å². The molecule has 0 bridgehead atoms. The van der Waals surface area contributed by atoms with Crippen molar-refractivity contribution < 1.29 is 41.7 Å². The zero-order valence-corrected chi connectivity index (χ0v) is 17.3. The van der Waals surface area contributed by atoms with E-state index in [9.17, 15) is 22.8 Å². The number of esters is 2. The fourth-order valence-electron chi connectivity index (χ4n) is 3.31. The third-order valence-corrected chi connectivity index (χ3v) is 4.79. The van der Waals surface area contributed by atoms with E-state index in [4.69, 9.17) is 18.9 Å². The molecule has 0 amide bonds. The zero-order valence-electron chi connectivity index (χ0n) is 17.3. The molecular formula is C23H16F3NO6. The Kier molecular flexibility index (Phi) is 5.59. The summed E-state index contributed by atoms with van der Waals surface area (Å²) >= 11 is 0. The second-order valence-electron chi connectivity index (χ2n) is 6.79. The number of nitrogens with zero attached hydrogens (tertiary/aromatic N) is 1. The number of rotatable bonds is 3. The second kappa shape index (κ2) is 8.38.